The van der Waals surface area contributed by atoms with Crippen LogP contribution >= 0.6 is 0 Å². The summed E-state index contributed by atoms with van der Waals surface area (Å²) >= 11 is 0. The van der Waals surface area contributed by atoms with E-state index in [2.05, 4.69) is 4.98 Å². The third-order valence-electron chi connectivity index (χ3n) is 5.08. The number of pyridine rings is 2. The van der Waals surface area contributed by atoms with E-state index >= 15 is 0 Å². The lowest BCUT2D eigenvalue weighted by Gasteiger charge is -2.05. The summed E-state index contributed by atoms with van der Waals surface area (Å²) in [6.45, 7) is 0. The van der Waals surface area contributed by atoms with E-state index < -0.39 is 5.82 Å². The summed E-state index contributed by atoms with van der Waals surface area (Å²) in [6.07, 6.45) is 3.36. The predicted octanol–water partition coefficient (Wildman–Crippen LogP) is 5.57. The molecule has 2 aromatic carbocycles. The largest absolute Gasteiger partial charge is 0.287 e. The summed E-state index contributed by atoms with van der Waals surface area (Å²) < 4.78 is 28.4. The summed E-state index contributed by atoms with van der Waals surface area (Å²) in [6, 6.07) is 20.5. The molecule has 0 aliphatic carbocycles. The van der Waals surface area contributed by atoms with Gasteiger partial charge in [0.1, 0.15) is 23.0 Å². The zero-order valence-electron chi connectivity index (χ0n) is 16.2. The highest BCUT2D eigenvalue weighted by Crippen LogP contribution is 2.35. The van der Waals surface area contributed by atoms with E-state index in [0.717, 1.165) is 22.2 Å². The molecule has 0 saturated heterocycles. The van der Waals surface area contributed by atoms with Gasteiger partial charge in [-0.25, -0.2) is 13.3 Å². The fourth-order valence-corrected chi connectivity index (χ4v) is 3.60. The van der Waals surface area contributed by atoms with E-state index in [4.69, 9.17) is 5.10 Å². The molecule has 0 amide bonds. The SMILES string of the molecule is O=C(c1ccc(F)cc1)c1cccc2c(-c3ccncc3)c(-c3ccc(F)cc3)nn12. The van der Waals surface area contributed by atoms with E-state index in [-0.39, 0.29) is 11.6 Å². The van der Waals surface area contributed by atoms with Crippen molar-refractivity contribution in [2.24, 2.45) is 0 Å². The van der Waals surface area contributed by atoms with Crippen LogP contribution in [0.3, 0.4) is 0 Å². The van der Waals surface area contributed by atoms with Crippen LogP contribution in [0, 0.1) is 11.6 Å². The van der Waals surface area contributed by atoms with Crippen LogP contribution in [0.5, 0.6) is 0 Å². The highest BCUT2D eigenvalue weighted by molar-refractivity contribution is 6.08. The number of nitrogens with zero attached hydrogens (tertiary/aromatic N) is 3. The zero-order valence-corrected chi connectivity index (χ0v) is 16.2. The van der Waals surface area contributed by atoms with E-state index in [0.29, 0.717) is 17.0 Å². The molecule has 0 radical (unpaired) electrons. The Morgan fingerprint density at radius 3 is 2.06 bits per heavy atom. The maximum absolute atomic E-state index is 13.5. The number of ketones is 1. The van der Waals surface area contributed by atoms with Crippen LogP contribution in [0.2, 0.25) is 0 Å². The second-order valence-electron chi connectivity index (χ2n) is 7.01. The summed E-state index contributed by atoms with van der Waals surface area (Å²) in [5, 5.41) is 4.73. The van der Waals surface area contributed by atoms with Gasteiger partial charge in [-0.05, 0) is 78.4 Å². The number of hydrogen-bond donors (Lipinski definition) is 0. The standard InChI is InChI=1S/C25H15F2N3O/c26-19-8-4-17(5-9-19)24-23(16-12-14-28-15-13-16)21-2-1-3-22(30(21)29-24)25(31)18-6-10-20(27)11-7-18/h1-15H. The molecule has 31 heavy (non-hydrogen) atoms. The van der Waals surface area contributed by atoms with Gasteiger partial charge < -0.3 is 0 Å². The third-order valence-corrected chi connectivity index (χ3v) is 5.08. The van der Waals surface area contributed by atoms with E-state index in [1.165, 1.54) is 36.4 Å². The first-order valence-electron chi connectivity index (χ1n) is 9.60. The number of carbonyl (C=O) groups excluding carboxylic acids is 1. The summed E-state index contributed by atoms with van der Waals surface area (Å²) in [5.41, 5.74) is 4.44. The monoisotopic (exact) mass is 411 g/mol. The van der Waals surface area contributed by atoms with Gasteiger partial charge in [0.05, 0.1) is 5.52 Å². The number of carbonyl (C=O) groups is 1. The fraction of sp³-hybridized carbons (Fsp3) is 0. The molecule has 0 bridgehead atoms. The molecule has 3 aromatic heterocycles. The minimum absolute atomic E-state index is 0.278. The lowest BCUT2D eigenvalue weighted by atomic mass is 10.0. The molecule has 0 aliphatic rings. The Morgan fingerprint density at radius 1 is 0.742 bits per heavy atom. The first-order chi connectivity index (χ1) is 15.1. The minimum Gasteiger partial charge on any atom is -0.287 e. The molecule has 0 aliphatic heterocycles. The molecule has 4 nitrogen and oxygen atoms in total. The van der Waals surface area contributed by atoms with Crippen LogP contribution in [0.4, 0.5) is 8.78 Å². The Balaban J connectivity index is 1.77. The summed E-state index contributed by atoms with van der Waals surface area (Å²) in [5.74, 6) is -1.03. The molecule has 5 rings (SSSR count). The Hall–Kier alpha value is -4.19. The van der Waals surface area contributed by atoms with Gasteiger partial charge in [0.25, 0.3) is 0 Å². The zero-order chi connectivity index (χ0) is 21.4. The molecule has 0 fully saturated rings. The van der Waals surface area contributed by atoms with Crippen molar-refractivity contribution in [3.63, 3.8) is 0 Å². The van der Waals surface area contributed by atoms with Gasteiger partial charge in [-0.1, -0.05) is 6.07 Å². The quantitative estimate of drug-likeness (QED) is 0.363. The van der Waals surface area contributed by atoms with Crippen molar-refractivity contribution in [2.75, 3.05) is 0 Å². The molecule has 5 aromatic rings. The van der Waals surface area contributed by atoms with Crippen LogP contribution < -0.4 is 0 Å². The molecule has 0 spiro atoms. The lowest BCUT2D eigenvalue weighted by molar-refractivity contribution is 0.103. The predicted molar refractivity (Wildman–Crippen MR) is 114 cm³/mol. The van der Waals surface area contributed by atoms with Gasteiger partial charge in [-0.2, -0.15) is 5.10 Å². The normalized spacial score (nSPS) is 11.0. The van der Waals surface area contributed by atoms with E-state index in [1.807, 2.05) is 18.2 Å². The average Bonchev–Trinajstić information content (AvgIpc) is 3.20. The molecule has 0 N–H and O–H groups in total. The fourth-order valence-electron chi connectivity index (χ4n) is 3.60. The molecule has 0 atom stereocenters. The van der Waals surface area contributed by atoms with Crippen LogP contribution in [-0.4, -0.2) is 20.4 Å². The molecular weight excluding hydrogens is 396 g/mol. The average molecular weight is 411 g/mol. The molecule has 150 valence electrons. The van der Waals surface area contributed by atoms with Gasteiger partial charge in [0.2, 0.25) is 5.78 Å². The van der Waals surface area contributed by atoms with Crippen LogP contribution in [0.25, 0.3) is 27.9 Å². The highest BCUT2D eigenvalue weighted by Gasteiger charge is 2.21. The number of aromatic nitrogens is 3. The highest BCUT2D eigenvalue weighted by atomic mass is 19.1. The maximum Gasteiger partial charge on any atom is 0.211 e. The summed E-state index contributed by atoms with van der Waals surface area (Å²) in [4.78, 5) is 17.2. The third kappa shape index (κ3) is 3.38. The van der Waals surface area contributed by atoms with Gasteiger partial charge in [0, 0.05) is 29.1 Å². The Bertz CT molecular complexity index is 1390. The van der Waals surface area contributed by atoms with Crippen molar-refractivity contribution >= 4 is 11.3 Å². The molecule has 3 heterocycles. The number of fused-ring (bicyclic) bond motifs is 1. The summed E-state index contributed by atoms with van der Waals surface area (Å²) in [7, 11) is 0. The second kappa shape index (κ2) is 7.57. The maximum atomic E-state index is 13.5. The number of rotatable bonds is 4. The van der Waals surface area contributed by atoms with E-state index in [1.54, 1.807) is 41.2 Å². The number of benzene rings is 2. The van der Waals surface area contributed by atoms with Crippen molar-refractivity contribution in [3.8, 4) is 22.4 Å². The topological polar surface area (TPSA) is 47.3 Å². The molecule has 6 heteroatoms. The second-order valence-corrected chi connectivity index (χ2v) is 7.01. The smallest absolute Gasteiger partial charge is 0.211 e. The number of hydrogen-bond acceptors (Lipinski definition) is 3. The Morgan fingerprint density at radius 2 is 1.39 bits per heavy atom. The van der Waals surface area contributed by atoms with Gasteiger partial charge in [-0.3, -0.25) is 9.78 Å². The lowest BCUT2D eigenvalue weighted by Crippen LogP contribution is -2.08. The minimum atomic E-state index is -0.410. The molecule has 0 unspecified atom stereocenters. The first kappa shape index (κ1) is 18.8. The van der Waals surface area contributed by atoms with Crippen molar-refractivity contribution in [2.45, 2.75) is 0 Å². The van der Waals surface area contributed by atoms with Gasteiger partial charge in [-0.15, -0.1) is 0 Å². The van der Waals surface area contributed by atoms with Crippen molar-refractivity contribution in [1.82, 2.24) is 14.6 Å². The van der Waals surface area contributed by atoms with Crippen LogP contribution in [0.15, 0.2) is 91.3 Å². The molecular formula is C25H15F2N3O. The van der Waals surface area contributed by atoms with Crippen molar-refractivity contribution in [1.29, 1.82) is 0 Å². The van der Waals surface area contributed by atoms with Gasteiger partial charge >= 0.3 is 0 Å². The Labute approximate surface area is 176 Å². The van der Waals surface area contributed by atoms with Crippen LogP contribution in [0.1, 0.15) is 16.1 Å². The Kier molecular flexibility index (Phi) is 4.59. The van der Waals surface area contributed by atoms with E-state index in [9.17, 15) is 13.6 Å². The van der Waals surface area contributed by atoms with Crippen molar-refractivity contribution in [3.05, 3.63) is 114 Å². The van der Waals surface area contributed by atoms with Gasteiger partial charge in [0.15, 0.2) is 0 Å². The molecule has 0 saturated carbocycles. The van der Waals surface area contributed by atoms with Crippen molar-refractivity contribution < 1.29 is 13.6 Å². The van der Waals surface area contributed by atoms with Crippen LogP contribution in [-0.2, 0) is 0 Å². The first-order valence-corrected chi connectivity index (χ1v) is 9.60. The number of halogens is 2.